The Kier molecular flexibility index (Phi) is 5.30. The lowest BCUT2D eigenvalue weighted by atomic mass is 10.2. The second-order valence-electron chi connectivity index (χ2n) is 4.31. The van der Waals surface area contributed by atoms with Crippen LogP contribution in [0.5, 0.6) is 0 Å². The highest BCUT2D eigenvalue weighted by Gasteiger charge is 2.16. The molecule has 0 bridgehead atoms. The lowest BCUT2D eigenvalue weighted by Crippen LogP contribution is -2.41. The molecule has 0 saturated carbocycles. The van der Waals surface area contributed by atoms with Gasteiger partial charge in [0.1, 0.15) is 0 Å². The highest BCUT2D eigenvalue weighted by molar-refractivity contribution is 9.10. The maximum atomic E-state index is 12.0. The fourth-order valence-electron chi connectivity index (χ4n) is 1.70. The Morgan fingerprint density at radius 2 is 1.65 bits per heavy atom. The molecule has 0 aromatic heterocycles. The first kappa shape index (κ1) is 16.9. The number of rotatable bonds is 3. The fraction of sp³-hybridized carbons (Fsp3) is 0. The summed E-state index contributed by atoms with van der Waals surface area (Å²) in [7, 11) is 0. The summed E-state index contributed by atoms with van der Waals surface area (Å²) < 4.78 is 0.570. The van der Waals surface area contributed by atoms with Gasteiger partial charge in [0.2, 0.25) is 0 Å². The van der Waals surface area contributed by atoms with E-state index in [1.165, 1.54) is 6.07 Å². The molecule has 0 aliphatic carbocycles. The average molecular weight is 399 g/mol. The summed E-state index contributed by atoms with van der Waals surface area (Å²) in [4.78, 5) is 33.9. The molecule has 0 heterocycles. The topological polar surface area (TPSA) is 101 Å². The fourth-order valence-corrected chi connectivity index (χ4v) is 2.42. The van der Waals surface area contributed by atoms with Gasteiger partial charge >= 0.3 is 0 Å². The zero-order valence-electron chi connectivity index (χ0n) is 11.4. The number of carbonyl (C=O) groups is 2. The third kappa shape index (κ3) is 4.05. The summed E-state index contributed by atoms with van der Waals surface area (Å²) in [6.45, 7) is 0. The van der Waals surface area contributed by atoms with Crippen LogP contribution >= 0.6 is 27.5 Å². The van der Waals surface area contributed by atoms with E-state index in [0.717, 1.165) is 12.1 Å². The molecule has 2 rings (SSSR count). The molecule has 2 N–H and O–H groups in total. The Hall–Kier alpha value is -2.45. The van der Waals surface area contributed by atoms with Crippen molar-refractivity contribution in [3.8, 4) is 0 Å². The van der Waals surface area contributed by atoms with E-state index in [1.54, 1.807) is 24.3 Å². The average Bonchev–Trinajstić information content (AvgIpc) is 2.52. The molecular weight excluding hydrogens is 390 g/mol. The number of hydrogen-bond acceptors (Lipinski definition) is 4. The van der Waals surface area contributed by atoms with Gasteiger partial charge in [-0.05, 0) is 34.1 Å². The molecule has 0 aliphatic heterocycles. The zero-order chi connectivity index (χ0) is 17.0. The van der Waals surface area contributed by atoms with E-state index in [1.807, 2.05) is 0 Å². The summed E-state index contributed by atoms with van der Waals surface area (Å²) in [5.74, 6) is -1.21. The Morgan fingerprint density at radius 3 is 2.22 bits per heavy atom. The van der Waals surface area contributed by atoms with Gasteiger partial charge in [0.15, 0.2) is 0 Å². The first-order valence-corrected chi connectivity index (χ1v) is 7.36. The molecule has 118 valence electrons. The lowest BCUT2D eigenvalue weighted by Gasteiger charge is -2.09. The highest BCUT2D eigenvalue weighted by Crippen LogP contribution is 2.22. The van der Waals surface area contributed by atoms with Gasteiger partial charge < -0.3 is 0 Å². The Balaban J connectivity index is 2.07. The third-order valence-electron chi connectivity index (χ3n) is 2.82. The minimum absolute atomic E-state index is 0.00435. The van der Waals surface area contributed by atoms with Gasteiger partial charge in [-0.15, -0.1) is 0 Å². The SMILES string of the molecule is O=C(NNC(=O)c1ccccc1Br)c1ccc([N+](=O)[O-])cc1Cl. The van der Waals surface area contributed by atoms with E-state index in [4.69, 9.17) is 11.6 Å². The predicted molar refractivity (Wildman–Crippen MR) is 87.2 cm³/mol. The molecule has 23 heavy (non-hydrogen) atoms. The molecule has 0 atom stereocenters. The lowest BCUT2D eigenvalue weighted by molar-refractivity contribution is -0.384. The smallest absolute Gasteiger partial charge is 0.267 e. The van der Waals surface area contributed by atoms with Gasteiger partial charge in [-0.2, -0.15) is 0 Å². The van der Waals surface area contributed by atoms with Gasteiger partial charge in [0, 0.05) is 16.6 Å². The van der Waals surface area contributed by atoms with Crippen LogP contribution in [0.3, 0.4) is 0 Å². The summed E-state index contributed by atoms with van der Waals surface area (Å²) in [6, 6.07) is 10.1. The molecule has 2 amide bonds. The number of hydrogen-bond donors (Lipinski definition) is 2. The Bertz CT molecular complexity index is 797. The van der Waals surface area contributed by atoms with Crippen molar-refractivity contribution in [1.29, 1.82) is 0 Å². The third-order valence-corrected chi connectivity index (χ3v) is 3.82. The van der Waals surface area contributed by atoms with Gasteiger partial charge in [0.25, 0.3) is 17.5 Å². The van der Waals surface area contributed by atoms with Crippen LogP contribution in [-0.4, -0.2) is 16.7 Å². The standard InChI is InChI=1S/C14H9BrClN3O4/c15-11-4-2-1-3-9(11)13(20)17-18-14(21)10-6-5-8(19(22)23)7-12(10)16/h1-7H,(H,17,20)(H,18,21). The van der Waals surface area contributed by atoms with Crippen LogP contribution in [0.2, 0.25) is 5.02 Å². The van der Waals surface area contributed by atoms with Crippen molar-refractivity contribution in [2.75, 3.05) is 0 Å². The second-order valence-corrected chi connectivity index (χ2v) is 5.57. The van der Waals surface area contributed by atoms with Crippen LogP contribution in [0.4, 0.5) is 5.69 Å². The van der Waals surface area contributed by atoms with Crippen molar-refractivity contribution in [3.05, 3.63) is 73.2 Å². The summed E-state index contributed by atoms with van der Waals surface area (Å²) in [5.41, 5.74) is 4.55. The number of benzene rings is 2. The first-order chi connectivity index (χ1) is 10.9. The first-order valence-electron chi connectivity index (χ1n) is 6.19. The van der Waals surface area contributed by atoms with Crippen LogP contribution in [-0.2, 0) is 0 Å². The van der Waals surface area contributed by atoms with E-state index in [0.29, 0.717) is 10.0 Å². The number of nitro benzene ring substituents is 1. The minimum Gasteiger partial charge on any atom is -0.267 e. The minimum atomic E-state index is -0.690. The second kappa shape index (κ2) is 7.21. The van der Waals surface area contributed by atoms with Crippen molar-refractivity contribution in [2.24, 2.45) is 0 Å². The van der Waals surface area contributed by atoms with E-state index in [-0.39, 0.29) is 16.3 Å². The molecule has 9 heteroatoms. The van der Waals surface area contributed by atoms with E-state index < -0.39 is 16.7 Å². The predicted octanol–water partition coefficient (Wildman–Crippen LogP) is 3.09. The highest BCUT2D eigenvalue weighted by atomic mass is 79.9. The molecule has 2 aromatic carbocycles. The summed E-state index contributed by atoms with van der Waals surface area (Å²) >= 11 is 9.06. The molecule has 0 saturated heterocycles. The molecule has 0 radical (unpaired) electrons. The Morgan fingerprint density at radius 1 is 1.04 bits per heavy atom. The molecule has 0 spiro atoms. The van der Waals surface area contributed by atoms with Crippen LogP contribution in [0, 0.1) is 10.1 Å². The molecule has 2 aromatic rings. The number of nitrogens with zero attached hydrogens (tertiary/aromatic N) is 1. The molecular formula is C14H9BrClN3O4. The Labute approximate surface area is 143 Å². The van der Waals surface area contributed by atoms with Crippen LogP contribution in [0.1, 0.15) is 20.7 Å². The van der Waals surface area contributed by atoms with Gasteiger partial charge in [-0.1, -0.05) is 23.7 Å². The van der Waals surface area contributed by atoms with E-state index in [2.05, 4.69) is 26.8 Å². The maximum Gasteiger partial charge on any atom is 0.271 e. The molecule has 0 aliphatic rings. The van der Waals surface area contributed by atoms with Crippen molar-refractivity contribution in [1.82, 2.24) is 10.9 Å². The number of non-ortho nitro benzene ring substituents is 1. The van der Waals surface area contributed by atoms with Gasteiger partial charge in [-0.25, -0.2) is 0 Å². The summed E-state index contributed by atoms with van der Waals surface area (Å²) in [6.07, 6.45) is 0. The van der Waals surface area contributed by atoms with Crippen LogP contribution < -0.4 is 10.9 Å². The van der Waals surface area contributed by atoms with Gasteiger partial charge in [0.05, 0.1) is 21.1 Å². The molecule has 0 unspecified atom stereocenters. The van der Waals surface area contributed by atoms with Crippen LogP contribution in [0.25, 0.3) is 0 Å². The van der Waals surface area contributed by atoms with Crippen molar-refractivity contribution in [3.63, 3.8) is 0 Å². The molecule has 0 fully saturated rings. The zero-order valence-corrected chi connectivity index (χ0v) is 13.7. The molecule has 7 nitrogen and oxygen atoms in total. The summed E-state index contributed by atoms with van der Waals surface area (Å²) in [5, 5.41) is 10.5. The van der Waals surface area contributed by atoms with Gasteiger partial charge in [-0.3, -0.25) is 30.6 Å². The van der Waals surface area contributed by atoms with Crippen LogP contribution in [0.15, 0.2) is 46.9 Å². The monoisotopic (exact) mass is 397 g/mol. The number of nitro groups is 1. The number of hydrazine groups is 1. The maximum absolute atomic E-state index is 12.0. The van der Waals surface area contributed by atoms with Crippen molar-refractivity contribution < 1.29 is 14.5 Å². The number of nitrogens with one attached hydrogen (secondary N) is 2. The normalized spacial score (nSPS) is 10.0. The van der Waals surface area contributed by atoms with Crippen molar-refractivity contribution >= 4 is 45.0 Å². The van der Waals surface area contributed by atoms with E-state index in [9.17, 15) is 19.7 Å². The largest absolute Gasteiger partial charge is 0.271 e. The number of carbonyl (C=O) groups excluding carboxylic acids is 2. The number of amides is 2. The quantitative estimate of drug-likeness (QED) is 0.613. The number of halogens is 2. The van der Waals surface area contributed by atoms with Crippen molar-refractivity contribution in [2.45, 2.75) is 0 Å². The van der Waals surface area contributed by atoms with E-state index >= 15 is 0 Å².